The van der Waals surface area contributed by atoms with Crippen LogP contribution < -0.4 is 9.47 Å². The highest BCUT2D eigenvalue weighted by atomic mass is 79.9. The highest BCUT2D eigenvalue weighted by Gasteiger charge is 2.24. The number of aromatic carboxylic acids is 1. The second-order valence-electron chi connectivity index (χ2n) is 6.23. The number of carboxylic acids is 1. The number of esters is 1. The maximum absolute atomic E-state index is 12.6. The fourth-order valence-corrected chi connectivity index (χ4v) is 3.02. The lowest BCUT2D eigenvalue weighted by atomic mass is 9.98. The fraction of sp³-hybridized carbons (Fsp3) is 0.333. The first-order valence-electron chi connectivity index (χ1n) is 8.87. The minimum absolute atomic E-state index is 0.104. The lowest BCUT2D eigenvalue weighted by molar-refractivity contribution is -0.142. The summed E-state index contributed by atoms with van der Waals surface area (Å²) in [6, 6.07) is 11.9. The van der Waals surface area contributed by atoms with Crippen LogP contribution in [0.4, 0.5) is 0 Å². The van der Waals surface area contributed by atoms with Crippen LogP contribution in [0.5, 0.6) is 11.5 Å². The maximum atomic E-state index is 12.6. The van der Waals surface area contributed by atoms with Gasteiger partial charge in [-0.05, 0) is 64.5 Å². The Morgan fingerprint density at radius 1 is 1.07 bits per heavy atom. The van der Waals surface area contributed by atoms with Gasteiger partial charge in [0.15, 0.2) is 6.10 Å². The van der Waals surface area contributed by atoms with Crippen LogP contribution in [0.1, 0.15) is 55.5 Å². The first-order chi connectivity index (χ1) is 12.9. The van der Waals surface area contributed by atoms with Crippen molar-refractivity contribution in [2.45, 2.75) is 45.6 Å². The molecule has 2 atom stereocenters. The summed E-state index contributed by atoms with van der Waals surface area (Å²) in [7, 11) is 0. The van der Waals surface area contributed by atoms with E-state index in [0.717, 1.165) is 12.0 Å². The minimum atomic E-state index is -1.05. The molecule has 0 spiro atoms. The molecule has 0 saturated heterocycles. The molecule has 27 heavy (non-hydrogen) atoms. The van der Waals surface area contributed by atoms with Crippen LogP contribution in [0, 0.1) is 0 Å². The van der Waals surface area contributed by atoms with E-state index in [1.54, 1.807) is 0 Å². The summed E-state index contributed by atoms with van der Waals surface area (Å²) < 4.78 is 11.8. The Labute approximate surface area is 167 Å². The number of carbonyl (C=O) groups excluding carboxylic acids is 1. The van der Waals surface area contributed by atoms with Gasteiger partial charge >= 0.3 is 11.9 Å². The van der Waals surface area contributed by atoms with Crippen molar-refractivity contribution >= 4 is 27.9 Å². The third kappa shape index (κ3) is 5.32. The second kappa shape index (κ2) is 9.55. The number of para-hydroxylation sites is 1. The van der Waals surface area contributed by atoms with E-state index in [9.17, 15) is 9.59 Å². The van der Waals surface area contributed by atoms with Crippen molar-refractivity contribution in [2.24, 2.45) is 0 Å². The van der Waals surface area contributed by atoms with Gasteiger partial charge in [0, 0.05) is 0 Å². The number of benzene rings is 2. The van der Waals surface area contributed by atoms with Gasteiger partial charge in [0.25, 0.3) is 0 Å². The van der Waals surface area contributed by atoms with Crippen LogP contribution in [0.25, 0.3) is 0 Å². The van der Waals surface area contributed by atoms with Gasteiger partial charge in [-0.25, -0.2) is 9.59 Å². The zero-order chi connectivity index (χ0) is 20.0. The molecule has 144 valence electrons. The highest BCUT2D eigenvalue weighted by Crippen LogP contribution is 2.30. The zero-order valence-corrected chi connectivity index (χ0v) is 17.2. The van der Waals surface area contributed by atoms with Crippen LogP contribution in [-0.2, 0) is 4.79 Å². The predicted molar refractivity (Wildman–Crippen MR) is 107 cm³/mol. The summed E-state index contributed by atoms with van der Waals surface area (Å²) in [6.45, 7) is 6.06. The van der Waals surface area contributed by atoms with Crippen LogP contribution in [0.2, 0.25) is 0 Å². The first-order valence-corrected chi connectivity index (χ1v) is 9.66. The van der Waals surface area contributed by atoms with Crippen molar-refractivity contribution in [1.29, 1.82) is 0 Å². The summed E-state index contributed by atoms with van der Waals surface area (Å²) in [5.74, 6) is -0.337. The summed E-state index contributed by atoms with van der Waals surface area (Å²) >= 11 is 3.24. The molecule has 1 N–H and O–H groups in total. The number of rotatable bonds is 8. The van der Waals surface area contributed by atoms with Crippen LogP contribution in [0.3, 0.4) is 0 Å². The Morgan fingerprint density at radius 3 is 2.37 bits per heavy atom. The van der Waals surface area contributed by atoms with Crippen molar-refractivity contribution < 1.29 is 24.2 Å². The molecular formula is C21H23BrO5. The van der Waals surface area contributed by atoms with E-state index in [2.05, 4.69) is 29.8 Å². The largest absolute Gasteiger partial charge is 0.478 e. The average molecular weight is 435 g/mol. The highest BCUT2D eigenvalue weighted by molar-refractivity contribution is 9.10. The smallest absolute Gasteiger partial charge is 0.352 e. The normalized spacial score (nSPS) is 12.9. The third-order valence-electron chi connectivity index (χ3n) is 4.35. The number of halogens is 1. The number of carbonyl (C=O) groups is 2. The number of hydrogen-bond acceptors (Lipinski definition) is 4. The molecule has 0 aliphatic rings. The van der Waals surface area contributed by atoms with Gasteiger partial charge in [-0.3, -0.25) is 0 Å². The van der Waals surface area contributed by atoms with Crippen molar-refractivity contribution in [3.63, 3.8) is 0 Å². The summed E-state index contributed by atoms with van der Waals surface area (Å²) in [6.07, 6.45) is 0.643. The average Bonchev–Trinajstić information content (AvgIpc) is 2.67. The maximum Gasteiger partial charge on any atom is 0.352 e. The molecule has 0 bridgehead atoms. The van der Waals surface area contributed by atoms with Crippen molar-refractivity contribution in [2.75, 3.05) is 0 Å². The molecule has 0 aromatic heterocycles. The molecule has 2 rings (SSSR count). The Balaban J connectivity index is 2.17. The summed E-state index contributed by atoms with van der Waals surface area (Å²) in [5.41, 5.74) is 1.16. The van der Waals surface area contributed by atoms with Gasteiger partial charge in [-0.1, -0.05) is 39.0 Å². The van der Waals surface area contributed by atoms with E-state index in [1.165, 1.54) is 18.2 Å². The molecular weight excluding hydrogens is 412 g/mol. The van der Waals surface area contributed by atoms with Crippen LogP contribution in [-0.4, -0.2) is 23.1 Å². The molecule has 0 radical (unpaired) electrons. The van der Waals surface area contributed by atoms with Gasteiger partial charge in [-0.2, -0.15) is 0 Å². The van der Waals surface area contributed by atoms with E-state index in [-0.39, 0.29) is 11.3 Å². The predicted octanol–water partition coefficient (Wildman–Crippen LogP) is 5.42. The topological polar surface area (TPSA) is 72.8 Å². The SMILES string of the molecule is CCC(Oc1ccccc1C(C)CC)C(=O)Oc1ccc(C(=O)O)cc1Br. The Morgan fingerprint density at radius 2 is 1.78 bits per heavy atom. The van der Waals surface area contributed by atoms with E-state index in [4.69, 9.17) is 14.6 Å². The molecule has 0 aliphatic carbocycles. The molecule has 0 fully saturated rings. The third-order valence-corrected chi connectivity index (χ3v) is 4.97. The first kappa shape index (κ1) is 21.0. The molecule has 2 unspecified atom stereocenters. The van der Waals surface area contributed by atoms with E-state index >= 15 is 0 Å². The second-order valence-corrected chi connectivity index (χ2v) is 7.09. The number of hydrogen-bond donors (Lipinski definition) is 1. The van der Waals surface area contributed by atoms with E-state index < -0.39 is 18.0 Å². The Hall–Kier alpha value is -2.34. The van der Waals surface area contributed by atoms with E-state index in [0.29, 0.717) is 22.6 Å². The van der Waals surface area contributed by atoms with Gasteiger partial charge in [0.2, 0.25) is 0 Å². The van der Waals surface area contributed by atoms with E-state index in [1.807, 2.05) is 31.2 Å². The van der Waals surface area contributed by atoms with Crippen molar-refractivity contribution in [3.05, 3.63) is 58.1 Å². The van der Waals surface area contributed by atoms with Crippen LogP contribution in [0.15, 0.2) is 46.9 Å². The quantitative estimate of drug-likeness (QED) is 0.443. The molecule has 0 aliphatic heterocycles. The van der Waals surface area contributed by atoms with Gasteiger partial charge in [-0.15, -0.1) is 0 Å². The molecule has 0 saturated carbocycles. The molecule has 2 aromatic rings. The van der Waals surface area contributed by atoms with Crippen LogP contribution >= 0.6 is 15.9 Å². The summed E-state index contributed by atoms with van der Waals surface area (Å²) in [5, 5.41) is 9.01. The lowest BCUT2D eigenvalue weighted by Gasteiger charge is -2.21. The fourth-order valence-electron chi connectivity index (χ4n) is 2.56. The van der Waals surface area contributed by atoms with Crippen molar-refractivity contribution in [1.82, 2.24) is 0 Å². The molecule has 0 heterocycles. The number of carboxylic acid groups (broad SMARTS) is 1. The van der Waals surface area contributed by atoms with Crippen molar-refractivity contribution in [3.8, 4) is 11.5 Å². The molecule has 6 heteroatoms. The molecule has 0 amide bonds. The monoisotopic (exact) mass is 434 g/mol. The van der Waals surface area contributed by atoms with Gasteiger partial charge in [0.1, 0.15) is 11.5 Å². The summed E-state index contributed by atoms with van der Waals surface area (Å²) in [4.78, 5) is 23.6. The number of ether oxygens (including phenoxy) is 2. The van der Waals surface area contributed by atoms with Gasteiger partial charge < -0.3 is 14.6 Å². The zero-order valence-electron chi connectivity index (χ0n) is 15.6. The molecule has 2 aromatic carbocycles. The Kier molecular flexibility index (Phi) is 7.42. The lowest BCUT2D eigenvalue weighted by Crippen LogP contribution is -2.31. The van der Waals surface area contributed by atoms with Gasteiger partial charge in [0.05, 0.1) is 10.0 Å². The standard InChI is InChI=1S/C21H23BrO5/c1-4-13(3)15-8-6-7-9-18(15)26-17(5-2)21(25)27-19-11-10-14(20(23)24)12-16(19)22/h6-13,17H,4-5H2,1-3H3,(H,23,24). The molecule has 5 nitrogen and oxygen atoms in total. The Bertz CT molecular complexity index is 818. The minimum Gasteiger partial charge on any atom is -0.478 e.